The largest absolute Gasteiger partial charge is 0.391 e. The summed E-state index contributed by atoms with van der Waals surface area (Å²) in [6.45, 7) is -1.44. The molecule has 2 aromatic heterocycles. The zero-order valence-corrected chi connectivity index (χ0v) is 16.1. The van der Waals surface area contributed by atoms with E-state index in [1.807, 2.05) is 0 Å². The van der Waals surface area contributed by atoms with E-state index in [0.29, 0.717) is 0 Å². The molecule has 2 aliphatic heterocycles. The number of nitrogens with zero attached hydrogens (tertiary/aromatic N) is 4. The first-order valence-electron chi connectivity index (χ1n) is 8.72. The fraction of sp³-hybridized carbons (Fsp3) is 0.467. The SMILES string of the molecule is Nc1ncnc2c1nc1n2[C@@H]2O[C@H](COS(=O)(=O)NC(=O)/C(CO)=C\C1)[C@@H](O)[C@H]2O. The third-order valence-electron chi connectivity index (χ3n) is 4.77. The molecule has 4 atom stereocenters. The molecule has 0 aliphatic carbocycles. The molecule has 1 amide bonds. The third-order valence-corrected chi connectivity index (χ3v) is 5.65. The first-order valence-corrected chi connectivity index (χ1v) is 10.1. The molecule has 4 rings (SSSR count). The van der Waals surface area contributed by atoms with Gasteiger partial charge in [-0.15, -0.1) is 0 Å². The highest BCUT2D eigenvalue weighted by atomic mass is 32.2. The minimum absolute atomic E-state index is 0.0595. The van der Waals surface area contributed by atoms with E-state index in [1.165, 1.54) is 17.0 Å². The number of imidazole rings is 1. The fourth-order valence-electron chi connectivity index (χ4n) is 3.27. The zero-order chi connectivity index (χ0) is 21.6. The van der Waals surface area contributed by atoms with Gasteiger partial charge in [0.25, 0.3) is 5.91 Å². The summed E-state index contributed by atoms with van der Waals surface area (Å²) < 4.78 is 37.3. The number of nitrogens with two attached hydrogens (primary N) is 1. The number of allylic oxidation sites excluding steroid dienone is 1. The number of hydrogen-bond acceptors (Lipinski definition) is 12. The van der Waals surface area contributed by atoms with Crippen molar-refractivity contribution in [2.75, 3.05) is 18.9 Å². The quantitative estimate of drug-likeness (QED) is 0.297. The fourth-order valence-corrected chi connectivity index (χ4v) is 4.00. The average molecular weight is 442 g/mol. The van der Waals surface area contributed by atoms with Crippen LogP contribution in [0.25, 0.3) is 11.2 Å². The lowest BCUT2D eigenvalue weighted by Gasteiger charge is -2.19. The molecule has 2 aliphatic rings. The van der Waals surface area contributed by atoms with E-state index < -0.39 is 54.0 Å². The number of nitrogen functional groups attached to an aromatic ring is 1. The molecule has 0 aromatic carbocycles. The monoisotopic (exact) mass is 442 g/mol. The lowest BCUT2D eigenvalue weighted by Crippen LogP contribution is -2.38. The smallest absolute Gasteiger partial charge is 0.362 e. The third kappa shape index (κ3) is 3.51. The van der Waals surface area contributed by atoms with Gasteiger partial charge in [0.05, 0.1) is 13.2 Å². The van der Waals surface area contributed by atoms with Gasteiger partial charge in [-0.1, -0.05) is 6.08 Å². The van der Waals surface area contributed by atoms with E-state index in [0.717, 1.165) is 0 Å². The van der Waals surface area contributed by atoms with Crippen LogP contribution in [0.3, 0.4) is 0 Å². The summed E-state index contributed by atoms with van der Waals surface area (Å²) in [6.07, 6.45) is -3.09. The number of anilines is 1. The Balaban J connectivity index is 1.88. The van der Waals surface area contributed by atoms with Gasteiger partial charge in [0, 0.05) is 12.0 Å². The Morgan fingerprint density at radius 1 is 1.30 bits per heavy atom. The highest BCUT2D eigenvalue weighted by Crippen LogP contribution is 2.34. The Kier molecular flexibility index (Phi) is 5.16. The number of carbonyl (C=O) groups excluding carboxylic acids is 1. The first kappa shape index (κ1) is 20.6. The summed E-state index contributed by atoms with van der Waals surface area (Å²) in [7, 11) is -4.56. The molecular formula is C15H18N6O8S. The van der Waals surface area contributed by atoms with Crippen molar-refractivity contribution in [3.8, 4) is 0 Å². The van der Waals surface area contributed by atoms with Crippen LogP contribution in [0.4, 0.5) is 5.82 Å². The first-order chi connectivity index (χ1) is 14.2. The van der Waals surface area contributed by atoms with Gasteiger partial charge in [-0.2, -0.15) is 8.42 Å². The lowest BCUT2D eigenvalue weighted by atomic mass is 10.1. The van der Waals surface area contributed by atoms with Crippen LogP contribution >= 0.6 is 0 Å². The Hall–Kier alpha value is -2.69. The summed E-state index contributed by atoms with van der Waals surface area (Å²) in [5, 5.41) is 30.3. The highest BCUT2D eigenvalue weighted by Gasteiger charge is 2.46. The Morgan fingerprint density at radius 3 is 2.80 bits per heavy atom. The molecular weight excluding hydrogens is 424 g/mol. The summed E-state index contributed by atoms with van der Waals surface area (Å²) in [5.74, 6) is -0.814. The molecule has 1 fully saturated rings. The van der Waals surface area contributed by atoms with Crippen LogP contribution in [0.5, 0.6) is 0 Å². The highest BCUT2D eigenvalue weighted by molar-refractivity contribution is 7.85. The summed E-state index contributed by atoms with van der Waals surface area (Å²) >= 11 is 0. The maximum Gasteiger partial charge on any atom is 0.362 e. The number of hydrogen-bond donors (Lipinski definition) is 5. The number of aliphatic hydroxyl groups is 3. The number of fused-ring (bicyclic) bond motifs is 6. The predicted octanol–water partition coefficient (Wildman–Crippen LogP) is -3.12. The zero-order valence-electron chi connectivity index (χ0n) is 15.2. The summed E-state index contributed by atoms with van der Waals surface area (Å²) in [6, 6.07) is 0. The van der Waals surface area contributed by atoms with Crippen molar-refractivity contribution in [3.63, 3.8) is 0 Å². The summed E-state index contributed by atoms with van der Waals surface area (Å²) in [4.78, 5) is 24.5. The number of aromatic nitrogens is 4. The molecule has 4 heterocycles. The normalized spacial score (nSPS) is 31.0. The molecule has 30 heavy (non-hydrogen) atoms. The second-order valence-electron chi connectivity index (χ2n) is 6.64. The molecule has 14 nitrogen and oxygen atoms in total. The van der Waals surface area contributed by atoms with Crippen molar-refractivity contribution in [1.82, 2.24) is 24.2 Å². The van der Waals surface area contributed by atoms with Crippen molar-refractivity contribution in [2.45, 2.75) is 31.0 Å². The van der Waals surface area contributed by atoms with Crippen molar-refractivity contribution >= 4 is 33.2 Å². The van der Waals surface area contributed by atoms with Crippen molar-refractivity contribution in [1.29, 1.82) is 0 Å². The van der Waals surface area contributed by atoms with Gasteiger partial charge in [-0.25, -0.2) is 19.7 Å². The van der Waals surface area contributed by atoms with E-state index >= 15 is 0 Å². The standard InChI is InChI=1S/C15H18N6O8S/c16-12-9-13(18-5-17-12)21-8(19-9)2-1-6(3-22)14(25)20-30(26,27)28-4-7-10(23)11(24)15(21)29-7/h1,5,7,10-11,15,22-24H,2-4H2,(H,20,25)(H2,16,17,18)/b6-1-/t7-,10-,11-,15-/m1/s1. The number of rotatable bonds is 1. The lowest BCUT2D eigenvalue weighted by molar-refractivity contribution is -0.116. The van der Waals surface area contributed by atoms with Gasteiger partial charge in [0.15, 0.2) is 23.2 Å². The van der Waals surface area contributed by atoms with Crippen molar-refractivity contribution < 1.29 is 37.5 Å². The predicted molar refractivity (Wildman–Crippen MR) is 97.5 cm³/mol. The van der Waals surface area contributed by atoms with Crippen LogP contribution < -0.4 is 10.5 Å². The van der Waals surface area contributed by atoms with Gasteiger partial charge in [0.2, 0.25) is 0 Å². The number of aliphatic hydroxyl groups excluding tert-OH is 3. The van der Waals surface area contributed by atoms with Crippen LogP contribution in [0.15, 0.2) is 18.0 Å². The second-order valence-corrected chi connectivity index (χ2v) is 7.98. The van der Waals surface area contributed by atoms with Crippen LogP contribution in [0.1, 0.15) is 12.1 Å². The minimum atomic E-state index is -4.56. The number of amides is 1. The molecule has 0 spiro atoms. The maximum absolute atomic E-state index is 12.2. The topological polar surface area (TPSA) is 212 Å². The van der Waals surface area contributed by atoms with Crippen LogP contribution in [0, 0.1) is 0 Å². The molecule has 162 valence electrons. The van der Waals surface area contributed by atoms with Gasteiger partial charge < -0.3 is 25.8 Å². The molecule has 2 aromatic rings. The maximum atomic E-state index is 12.2. The molecule has 2 bridgehead atoms. The molecule has 15 heteroatoms. The molecule has 1 saturated heterocycles. The average Bonchev–Trinajstić information content (AvgIpc) is 3.19. The number of ether oxygens (including phenoxy) is 1. The number of carbonyl (C=O) groups is 1. The van der Waals surface area contributed by atoms with Crippen molar-refractivity contribution in [2.24, 2.45) is 0 Å². The van der Waals surface area contributed by atoms with E-state index in [9.17, 15) is 28.5 Å². The van der Waals surface area contributed by atoms with E-state index in [-0.39, 0.29) is 34.8 Å². The van der Waals surface area contributed by atoms with Gasteiger partial charge in [-0.3, -0.25) is 13.5 Å². The molecule has 0 radical (unpaired) electrons. The van der Waals surface area contributed by atoms with E-state index in [1.54, 1.807) is 4.72 Å². The van der Waals surface area contributed by atoms with Gasteiger partial charge in [-0.05, 0) is 0 Å². The van der Waals surface area contributed by atoms with Gasteiger partial charge >= 0.3 is 10.3 Å². The van der Waals surface area contributed by atoms with E-state index in [2.05, 4.69) is 15.0 Å². The van der Waals surface area contributed by atoms with Crippen LogP contribution in [-0.2, 0) is 30.4 Å². The Bertz CT molecular complexity index is 1130. The van der Waals surface area contributed by atoms with Gasteiger partial charge in [0.1, 0.15) is 30.5 Å². The Labute approximate surface area is 169 Å². The number of nitrogens with one attached hydrogen (secondary N) is 1. The minimum Gasteiger partial charge on any atom is -0.391 e. The molecule has 6 N–H and O–H groups in total. The molecule has 0 unspecified atom stereocenters. The summed E-state index contributed by atoms with van der Waals surface area (Å²) in [5.41, 5.74) is 6.00. The van der Waals surface area contributed by atoms with Crippen molar-refractivity contribution in [3.05, 3.63) is 23.8 Å². The molecule has 0 saturated carbocycles. The van der Waals surface area contributed by atoms with Crippen LogP contribution in [-0.4, -0.2) is 80.7 Å². The Morgan fingerprint density at radius 2 is 2.07 bits per heavy atom. The van der Waals surface area contributed by atoms with Crippen LogP contribution in [0.2, 0.25) is 0 Å². The second kappa shape index (κ2) is 7.53. The van der Waals surface area contributed by atoms with E-state index in [4.69, 9.17) is 14.7 Å².